The number of para-hydroxylation sites is 3. The number of aromatic nitrogens is 2. The van der Waals surface area contributed by atoms with Gasteiger partial charge in [0.2, 0.25) is 0 Å². The number of nitrogens with one attached hydrogen (secondary N) is 1. The van der Waals surface area contributed by atoms with Gasteiger partial charge in [-0.15, -0.1) is 0 Å². The predicted molar refractivity (Wildman–Crippen MR) is 112 cm³/mol. The Balaban J connectivity index is 1.49. The Bertz CT molecular complexity index is 1010. The Hall–Kier alpha value is -3.61. The highest BCUT2D eigenvalue weighted by Gasteiger charge is 2.25. The minimum atomic E-state index is -0.176. The SMILES string of the molecule is CN(C)c1ncnc2c1CCN(C(=O)Nc1ccccc1Oc1ccccc1)C2. The molecule has 1 aromatic heterocycles. The number of urea groups is 1. The monoisotopic (exact) mass is 389 g/mol. The van der Waals surface area contributed by atoms with Crippen LogP contribution in [0.2, 0.25) is 0 Å². The molecule has 1 aliphatic rings. The van der Waals surface area contributed by atoms with Crippen LogP contribution < -0.4 is 15.0 Å². The summed E-state index contributed by atoms with van der Waals surface area (Å²) in [5, 5.41) is 2.98. The lowest BCUT2D eigenvalue weighted by Gasteiger charge is -2.30. The molecule has 29 heavy (non-hydrogen) atoms. The number of benzene rings is 2. The number of fused-ring (bicyclic) bond motifs is 1. The third-order valence-corrected chi connectivity index (χ3v) is 4.79. The second-order valence-electron chi connectivity index (χ2n) is 7.03. The van der Waals surface area contributed by atoms with E-state index in [2.05, 4.69) is 15.3 Å². The standard InChI is InChI=1S/C22H23N5O2/c1-26(2)21-17-12-13-27(14-19(17)23-15-24-21)22(28)25-18-10-6-7-11-20(18)29-16-8-4-3-5-9-16/h3-11,15H,12-14H2,1-2H3,(H,25,28). The summed E-state index contributed by atoms with van der Waals surface area (Å²) in [6, 6.07) is 16.7. The van der Waals surface area contributed by atoms with Crippen LogP contribution in [0.1, 0.15) is 11.3 Å². The molecular formula is C22H23N5O2. The topological polar surface area (TPSA) is 70.6 Å². The Morgan fingerprint density at radius 2 is 1.83 bits per heavy atom. The van der Waals surface area contributed by atoms with Crippen LogP contribution in [0.3, 0.4) is 0 Å². The van der Waals surface area contributed by atoms with Crippen LogP contribution in [0.5, 0.6) is 11.5 Å². The Morgan fingerprint density at radius 1 is 1.07 bits per heavy atom. The zero-order valence-corrected chi connectivity index (χ0v) is 16.5. The molecule has 2 aromatic carbocycles. The number of anilines is 2. The Labute approximate surface area is 170 Å². The van der Waals surface area contributed by atoms with Gasteiger partial charge in [-0.25, -0.2) is 14.8 Å². The van der Waals surface area contributed by atoms with Crippen LogP contribution in [-0.4, -0.2) is 41.5 Å². The van der Waals surface area contributed by atoms with Crippen molar-refractivity contribution in [2.75, 3.05) is 30.9 Å². The zero-order chi connectivity index (χ0) is 20.2. The van der Waals surface area contributed by atoms with E-state index in [-0.39, 0.29) is 6.03 Å². The molecule has 0 saturated carbocycles. The number of rotatable bonds is 4. The van der Waals surface area contributed by atoms with Crippen molar-refractivity contribution in [1.29, 1.82) is 0 Å². The first-order chi connectivity index (χ1) is 14.1. The number of nitrogens with zero attached hydrogens (tertiary/aromatic N) is 4. The normalized spacial score (nSPS) is 12.8. The molecule has 0 radical (unpaired) electrons. The van der Waals surface area contributed by atoms with Crippen LogP contribution in [-0.2, 0) is 13.0 Å². The highest BCUT2D eigenvalue weighted by atomic mass is 16.5. The molecule has 148 valence electrons. The maximum absolute atomic E-state index is 12.9. The average Bonchev–Trinajstić information content (AvgIpc) is 2.75. The first kappa shape index (κ1) is 18.7. The summed E-state index contributed by atoms with van der Waals surface area (Å²) in [5.74, 6) is 2.23. The van der Waals surface area contributed by atoms with Gasteiger partial charge < -0.3 is 19.9 Å². The second kappa shape index (κ2) is 8.18. The van der Waals surface area contributed by atoms with E-state index >= 15 is 0 Å². The number of carbonyl (C=O) groups excluding carboxylic acids is 1. The van der Waals surface area contributed by atoms with E-state index in [0.717, 1.165) is 23.5 Å². The number of amides is 2. The lowest BCUT2D eigenvalue weighted by atomic mass is 10.1. The molecule has 0 bridgehead atoms. The largest absolute Gasteiger partial charge is 0.455 e. The van der Waals surface area contributed by atoms with Gasteiger partial charge in [0, 0.05) is 26.2 Å². The molecule has 0 saturated heterocycles. The van der Waals surface area contributed by atoms with E-state index in [4.69, 9.17) is 4.74 Å². The molecule has 7 heteroatoms. The van der Waals surface area contributed by atoms with Crippen LogP contribution in [0.15, 0.2) is 60.9 Å². The number of carbonyl (C=O) groups is 1. The predicted octanol–water partition coefficient (Wildman–Crippen LogP) is 3.93. The van der Waals surface area contributed by atoms with E-state index < -0.39 is 0 Å². The Morgan fingerprint density at radius 3 is 2.62 bits per heavy atom. The van der Waals surface area contributed by atoms with Crippen molar-refractivity contribution in [3.8, 4) is 11.5 Å². The molecule has 7 nitrogen and oxygen atoms in total. The average molecular weight is 389 g/mol. The lowest BCUT2D eigenvalue weighted by molar-refractivity contribution is 0.205. The van der Waals surface area contributed by atoms with Crippen molar-refractivity contribution in [2.24, 2.45) is 0 Å². The molecule has 1 aliphatic heterocycles. The quantitative estimate of drug-likeness (QED) is 0.732. The van der Waals surface area contributed by atoms with Gasteiger partial charge >= 0.3 is 6.03 Å². The molecule has 0 atom stereocenters. The molecule has 2 heterocycles. The fraction of sp³-hybridized carbons (Fsp3) is 0.227. The van der Waals surface area contributed by atoms with E-state index in [1.165, 1.54) is 0 Å². The van der Waals surface area contributed by atoms with Crippen molar-refractivity contribution < 1.29 is 9.53 Å². The smallest absolute Gasteiger partial charge is 0.322 e. The molecule has 2 amide bonds. The molecular weight excluding hydrogens is 366 g/mol. The maximum Gasteiger partial charge on any atom is 0.322 e. The third-order valence-electron chi connectivity index (χ3n) is 4.79. The Kier molecular flexibility index (Phi) is 5.29. The van der Waals surface area contributed by atoms with Crippen molar-refractivity contribution in [3.63, 3.8) is 0 Å². The van der Waals surface area contributed by atoms with E-state index in [9.17, 15) is 4.79 Å². The van der Waals surface area contributed by atoms with Gasteiger partial charge in [0.05, 0.1) is 17.9 Å². The maximum atomic E-state index is 12.9. The van der Waals surface area contributed by atoms with E-state index in [0.29, 0.717) is 30.3 Å². The van der Waals surface area contributed by atoms with Crippen LogP contribution in [0, 0.1) is 0 Å². The van der Waals surface area contributed by atoms with Crippen LogP contribution >= 0.6 is 0 Å². The van der Waals surface area contributed by atoms with Gasteiger partial charge in [-0.2, -0.15) is 0 Å². The first-order valence-electron chi connectivity index (χ1n) is 9.50. The van der Waals surface area contributed by atoms with Gasteiger partial charge in [-0.3, -0.25) is 0 Å². The molecule has 0 unspecified atom stereocenters. The zero-order valence-electron chi connectivity index (χ0n) is 16.5. The minimum Gasteiger partial charge on any atom is -0.455 e. The van der Waals surface area contributed by atoms with E-state index in [1.54, 1.807) is 11.2 Å². The summed E-state index contributed by atoms with van der Waals surface area (Å²) in [5.41, 5.74) is 2.62. The summed E-state index contributed by atoms with van der Waals surface area (Å²) in [6.45, 7) is 1.06. The lowest BCUT2D eigenvalue weighted by Crippen LogP contribution is -2.40. The van der Waals surface area contributed by atoms with Crippen molar-refractivity contribution in [1.82, 2.24) is 14.9 Å². The number of hydrogen-bond acceptors (Lipinski definition) is 5. The highest BCUT2D eigenvalue weighted by molar-refractivity contribution is 5.91. The third kappa shape index (κ3) is 4.13. The summed E-state index contributed by atoms with van der Waals surface area (Å²) in [4.78, 5) is 25.4. The molecule has 0 aliphatic carbocycles. The molecule has 1 N–H and O–H groups in total. The molecule has 0 fully saturated rings. The second-order valence-corrected chi connectivity index (χ2v) is 7.03. The fourth-order valence-electron chi connectivity index (χ4n) is 3.36. The number of ether oxygens (including phenoxy) is 1. The van der Waals surface area contributed by atoms with Gasteiger partial charge in [0.1, 0.15) is 17.9 Å². The molecule has 0 spiro atoms. The number of hydrogen-bond donors (Lipinski definition) is 1. The van der Waals surface area contributed by atoms with Crippen molar-refractivity contribution in [3.05, 3.63) is 72.2 Å². The highest BCUT2D eigenvalue weighted by Crippen LogP contribution is 2.30. The van der Waals surface area contributed by atoms with Crippen LogP contribution in [0.4, 0.5) is 16.3 Å². The van der Waals surface area contributed by atoms with E-state index in [1.807, 2.05) is 73.6 Å². The van der Waals surface area contributed by atoms with Crippen molar-refractivity contribution >= 4 is 17.5 Å². The van der Waals surface area contributed by atoms with Gasteiger partial charge in [0.15, 0.2) is 5.75 Å². The minimum absolute atomic E-state index is 0.176. The first-order valence-corrected chi connectivity index (χ1v) is 9.50. The summed E-state index contributed by atoms with van der Waals surface area (Å²) in [6.07, 6.45) is 2.28. The van der Waals surface area contributed by atoms with Gasteiger partial charge in [-0.1, -0.05) is 30.3 Å². The molecule has 3 aromatic rings. The van der Waals surface area contributed by atoms with Crippen LogP contribution in [0.25, 0.3) is 0 Å². The van der Waals surface area contributed by atoms with Crippen molar-refractivity contribution in [2.45, 2.75) is 13.0 Å². The summed E-state index contributed by atoms with van der Waals surface area (Å²) < 4.78 is 5.94. The summed E-state index contributed by atoms with van der Waals surface area (Å²) >= 11 is 0. The summed E-state index contributed by atoms with van der Waals surface area (Å²) in [7, 11) is 3.93. The fourth-order valence-corrected chi connectivity index (χ4v) is 3.36. The van der Waals surface area contributed by atoms with Gasteiger partial charge in [0.25, 0.3) is 0 Å². The molecule has 4 rings (SSSR count). The van der Waals surface area contributed by atoms with Gasteiger partial charge in [-0.05, 0) is 30.7 Å².